The molecule has 21 heavy (non-hydrogen) atoms. The van der Waals surface area contributed by atoms with Crippen molar-refractivity contribution < 1.29 is 14.8 Å². The number of nitrogens with two attached hydrogens (primary N) is 1. The summed E-state index contributed by atoms with van der Waals surface area (Å²) in [7, 11) is 3.19. The Hall–Kier alpha value is -2.58. The number of carbonyl (C=O) groups is 1. The van der Waals surface area contributed by atoms with E-state index in [1.807, 2.05) is 0 Å². The predicted octanol–water partition coefficient (Wildman–Crippen LogP) is 1.40. The van der Waals surface area contributed by atoms with Gasteiger partial charge >= 0.3 is 11.8 Å². The highest BCUT2D eigenvalue weighted by molar-refractivity contribution is 5.71. The molecule has 0 unspecified atom stereocenters. The summed E-state index contributed by atoms with van der Waals surface area (Å²) in [6.07, 6.45) is 1.79. The van der Waals surface area contributed by atoms with Crippen LogP contribution in [0.15, 0.2) is 12.3 Å². The second kappa shape index (κ2) is 7.27. The molecule has 0 aliphatic heterocycles. The van der Waals surface area contributed by atoms with Gasteiger partial charge in [0.1, 0.15) is 5.69 Å². The molecule has 0 atom stereocenters. The van der Waals surface area contributed by atoms with E-state index in [-0.39, 0.29) is 17.2 Å². The standard InChI is InChI=1S/C12H19N5O4/c1-15(7-3-4-8-16(2)12(18)19)11-10(17(20)21)9(13)5-6-14-11/h5-6H,3-4,7-8H2,1-2H3,(H2,13,14)(H,18,19). The number of nitro groups is 1. The third-order valence-corrected chi connectivity index (χ3v) is 3.04. The Bertz CT molecular complexity index is 522. The molecule has 1 aromatic heterocycles. The number of unbranched alkanes of at least 4 members (excludes halogenated alkanes) is 1. The van der Waals surface area contributed by atoms with Crippen molar-refractivity contribution in [3.8, 4) is 0 Å². The van der Waals surface area contributed by atoms with Gasteiger partial charge in [-0.25, -0.2) is 9.78 Å². The molecule has 0 aliphatic carbocycles. The van der Waals surface area contributed by atoms with Gasteiger partial charge in [-0.05, 0) is 18.9 Å². The lowest BCUT2D eigenvalue weighted by atomic mass is 10.2. The average molecular weight is 297 g/mol. The molecule has 1 heterocycles. The number of hydrogen-bond acceptors (Lipinski definition) is 6. The molecule has 1 rings (SSSR count). The second-order valence-electron chi connectivity index (χ2n) is 4.66. The third-order valence-electron chi connectivity index (χ3n) is 3.04. The summed E-state index contributed by atoms with van der Waals surface area (Å²) < 4.78 is 0. The first-order valence-electron chi connectivity index (χ1n) is 6.38. The van der Waals surface area contributed by atoms with Gasteiger partial charge in [0.2, 0.25) is 5.82 Å². The highest BCUT2D eigenvalue weighted by Crippen LogP contribution is 2.30. The van der Waals surface area contributed by atoms with Crippen molar-refractivity contribution in [1.29, 1.82) is 0 Å². The van der Waals surface area contributed by atoms with Crippen molar-refractivity contribution >= 4 is 23.3 Å². The summed E-state index contributed by atoms with van der Waals surface area (Å²) in [6.45, 7) is 0.931. The normalized spacial score (nSPS) is 10.2. The van der Waals surface area contributed by atoms with Crippen molar-refractivity contribution in [2.24, 2.45) is 0 Å². The molecule has 0 radical (unpaired) electrons. The molecule has 9 nitrogen and oxygen atoms in total. The Morgan fingerprint density at radius 2 is 2.05 bits per heavy atom. The first-order chi connectivity index (χ1) is 9.84. The highest BCUT2D eigenvalue weighted by atomic mass is 16.6. The van der Waals surface area contributed by atoms with E-state index in [0.717, 1.165) is 0 Å². The van der Waals surface area contributed by atoms with E-state index in [2.05, 4.69) is 4.98 Å². The van der Waals surface area contributed by atoms with Gasteiger partial charge in [-0.15, -0.1) is 0 Å². The Balaban J connectivity index is 2.61. The molecule has 9 heteroatoms. The van der Waals surface area contributed by atoms with Gasteiger partial charge in [0.15, 0.2) is 0 Å². The van der Waals surface area contributed by atoms with Crippen LogP contribution in [-0.2, 0) is 0 Å². The molecule has 0 saturated heterocycles. The minimum Gasteiger partial charge on any atom is -0.465 e. The van der Waals surface area contributed by atoms with E-state index in [1.54, 1.807) is 11.9 Å². The zero-order valence-electron chi connectivity index (χ0n) is 12.0. The molecule has 0 aromatic carbocycles. The van der Waals surface area contributed by atoms with Crippen LogP contribution in [0.1, 0.15) is 12.8 Å². The van der Waals surface area contributed by atoms with Gasteiger partial charge in [-0.2, -0.15) is 0 Å². The lowest BCUT2D eigenvalue weighted by Gasteiger charge is -2.19. The summed E-state index contributed by atoms with van der Waals surface area (Å²) in [5.41, 5.74) is 5.47. The number of nitrogens with zero attached hydrogens (tertiary/aromatic N) is 4. The lowest BCUT2D eigenvalue weighted by Crippen LogP contribution is -2.27. The number of amides is 1. The maximum absolute atomic E-state index is 11.0. The van der Waals surface area contributed by atoms with Crippen LogP contribution in [0.3, 0.4) is 0 Å². The van der Waals surface area contributed by atoms with Crippen LogP contribution in [-0.4, -0.2) is 53.2 Å². The van der Waals surface area contributed by atoms with E-state index in [1.165, 1.54) is 24.2 Å². The fourth-order valence-corrected chi connectivity index (χ4v) is 1.82. The largest absolute Gasteiger partial charge is 0.465 e. The number of nitrogen functional groups attached to an aromatic ring is 1. The Kier molecular flexibility index (Phi) is 5.70. The van der Waals surface area contributed by atoms with Gasteiger partial charge in [0.25, 0.3) is 0 Å². The molecule has 3 N–H and O–H groups in total. The van der Waals surface area contributed by atoms with Crippen LogP contribution >= 0.6 is 0 Å². The number of pyridine rings is 1. The van der Waals surface area contributed by atoms with Gasteiger partial charge in [0, 0.05) is 33.4 Å². The van der Waals surface area contributed by atoms with Crippen molar-refractivity contribution in [2.75, 3.05) is 37.8 Å². The zero-order chi connectivity index (χ0) is 16.0. The predicted molar refractivity (Wildman–Crippen MR) is 78.5 cm³/mol. The number of carboxylic acid groups (broad SMARTS) is 1. The average Bonchev–Trinajstić information content (AvgIpc) is 2.42. The molecule has 0 fully saturated rings. The van der Waals surface area contributed by atoms with E-state index in [0.29, 0.717) is 25.9 Å². The summed E-state index contributed by atoms with van der Waals surface area (Å²) >= 11 is 0. The van der Waals surface area contributed by atoms with Crippen molar-refractivity contribution in [3.63, 3.8) is 0 Å². The SMILES string of the molecule is CN(CCCCN(C)c1nccc(N)c1[N+](=O)[O-])C(=O)O. The zero-order valence-corrected chi connectivity index (χ0v) is 12.0. The summed E-state index contributed by atoms with van der Waals surface area (Å²) in [6, 6.07) is 1.39. The fraction of sp³-hybridized carbons (Fsp3) is 0.500. The molecule has 116 valence electrons. The van der Waals surface area contributed by atoms with Crippen LogP contribution in [0.5, 0.6) is 0 Å². The number of hydrogen-bond donors (Lipinski definition) is 2. The van der Waals surface area contributed by atoms with Crippen molar-refractivity contribution in [2.45, 2.75) is 12.8 Å². The Morgan fingerprint density at radius 3 is 2.62 bits per heavy atom. The molecular weight excluding hydrogens is 278 g/mol. The molecule has 1 aromatic rings. The molecule has 0 aliphatic rings. The van der Waals surface area contributed by atoms with Gasteiger partial charge < -0.3 is 20.6 Å². The second-order valence-corrected chi connectivity index (χ2v) is 4.66. The van der Waals surface area contributed by atoms with Crippen molar-refractivity contribution in [3.05, 3.63) is 22.4 Å². The third kappa shape index (κ3) is 4.48. The van der Waals surface area contributed by atoms with Crippen LogP contribution in [0, 0.1) is 10.1 Å². The quantitative estimate of drug-likeness (QED) is 0.442. The van der Waals surface area contributed by atoms with Gasteiger partial charge in [0.05, 0.1) is 4.92 Å². The molecule has 0 saturated carbocycles. The van der Waals surface area contributed by atoms with E-state index >= 15 is 0 Å². The monoisotopic (exact) mass is 297 g/mol. The fourth-order valence-electron chi connectivity index (χ4n) is 1.82. The first-order valence-corrected chi connectivity index (χ1v) is 6.38. The molecule has 0 spiro atoms. The number of anilines is 2. The smallest absolute Gasteiger partial charge is 0.407 e. The van der Waals surface area contributed by atoms with Gasteiger partial charge in [-0.3, -0.25) is 10.1 Å². The Morgan fingerprint density at radius 1 is 1.43 bits per heavy atom. The van der Waals surface area contributed by atoms with Crippen LogP contribution in [0.25, 0.3) is 0 Å². The van der Waals surface area contributed by atoms with Gasteiger partial charge in [-0.1, -0.05) is 0 Å². The Labute approximate surface area is 122 Å². The molecular formula is C12H19N5O4. The summed E-state index contributed by atoms with van der Waals surface area (Å²) in [5, 5.41) is 19.7. The minimum absolute atomic E-state index is 0.0717. The molecule has 1 amide bonds. The highest BCUT2D eigenvalue weighted by Gasteiger charge is 2.22. The van der Waals surface area contributed by atoms with E-state index in [4.69, 9.17) is 10.8 Å². The summed E-state index contributed by atoms with van der Waals surface area (Å²) in [4.78, 5) is 27.9. The van der Waals surface area contributed by atoms with Crippen LogP contribution in [0.4, 0.5) is 22.0 Å². The van der Waals surface area contributed by atoms with E-state index in [9.17, 15) is 14.9 Å². The summed E-state index contributed by atoms with van der Waals surface area (Å²) in [5.74, 6) is 0.214. The number of aromatic nitrogens is 1. The molecule has 0 bridgehead atoms. The maximum Gasteiger partial charge on any atom is 0.407 e. The van der Waals surface area contributed by atoms with Crippen LogP contribution in [0.2, 0.25) is 0 Å². The van der Waals surface area contributed by atoms with E-state index < -0.39 is 11.0 Å². The van der Waals surface area contributed by atoms with Crippen LogP contribution < -0.4 is 10.6 Å². The topological polar surface area (TPSA) is 126 Å². The van der Waals surface area contributed by atoms with Crippen molar-refractivity contribution in [1.82, 2.24) is 9.88 Å². The number of rotatable bonds is 7. The minimum atomic E-state index is -0.975. The maximum atomic E-state index is 11.0. The first kappa shape index (κ1) is 16.5. The lowest BCUT2D eigenvalue weighted by molar-refractivity contribution is -0.383.